The highest BCUT2D eigenvalue weighted by Crippen LogP contribution is 2.29. The molecule has 4 rings (SSSR count). The van der Waals surface area contributed by atoms with Crippen LogP contribution in [0.5, 0.6) is 5.75 Å². The van der Waals surface area contributed by atoms with E-state index in [2.05, 4.69) is 21.5 Å². The summed E-state index contributed by atoms with van der Waals surface area (Å²) >= 11 is 6.31. The summed E-state index contributed by atoms with van der Waals surface area (Å²) in [5, 5.41) is 12.1. The van der Waals surface area contributed by atoms with Gasteiger partial charge >= 0.3 is 6.09 Å². The lowest BCUT2D eigenvalue weighted by atomic mass is 10.0. The van der Waals surface area contributed by atoms with Crippen molar-refractivity contribution in [3.63, 3.8) is 0 Å². The lowest BCUT2D eigenvalue weighted by molar-refractivity contribution is -0.115. The summed E-state index contributed by atoms with van der Waals surface area (Å²) < 4.78 is 11.5. The van der Waals surface area contributed by atoms with Gasteiger partial charge in [-0.15, -0.1) is 0 Å². The van der Waals surface area contributed by atoms with Gasteiger partial charge in [0.15, 0.2) is 6.19 Å². The fourth-order valence-electron chi connectivity index (χ4n) is 4.33. The number of carbonyl (C=O) groups is 2. The molecule has 1 fully saturated rings. The second-order valence-electron chi connectivity index (χ2n) is 10.6. The van der Waals surface area contributed by atoms with E-state index in [1.807, 2.05) is 39.0 Å². The second kappa shape index (κ2) is 12.3. The number of amides is 2. The van der Waals surface area contributed by atoms with Crippen LogP contribution < -0.4 is 10.1 Å². The summed E-state index contributed by atoms with van der Waals surface area (Å²) in [7, 11) is 0. The van der Waals surface area contributed by atoms with Gasteiger partial charge in [-0.3, -0.25) is 9.78 Å². The quantitative estimate of drug-likeness (QED) is 0.514. The third-order valence-corrected chi connectivity index (χ3v) is 6.63. The Bertz CT molecular complexity index is 1260. The van der Waals surface area contributed by atoms with E-state index >= 15 is 0 Å². The van der Waals surface area contributed by atoms with Crippen molar-refractivity contribution >= 4 is 35.0 Å². The smallest absolute Gasteiger partial charge is 0.410 e. The summed E-state index contributed by atoms with van der Waals surface area (Å²) in [5.41, 5.74) is 2.19. The molecule has 0 bridgehead atoms. The number of likely N-dealkylation sites (tertiary alicyclic amines) is 1. The molecule has 11 heteroatoms. The molecule has 2 aromatic heterocycles. The van der Waals surface area contributed by atoms with Crippen LogP contribution in [0.15, 0.2) is 36.7 Å². The Morgan fingerprint density at radius 1 is 1.18 bits per heavy atom. The number of piperidine rings is 1. The Kier molecular flexibility index (Phi) is 8.92. The predicted molar refractivity (Wildman–Crippen MR) is 147 cm³/mol. The first-order chi connectivity index (χ1) is 18.6. The van der Waals surface area contributed by atoms with Crippen molar-refractivity contribution in [2.45, 2.75) is 58.2 Å². The van der Waals surface area contributed by atoms with Gasteiger partial charge in [0.2, 0.25) is 5.91 Å². The highest BCUT2D eigenvalue weighted by molar-refractivity contribution is 6.32. The molecule has 2 amide bonds. The van der Waals surface area contributed by atoms with E-state index in [0.717, 1.165) is 23.3 Å². The molecule has 0 spiro atoms. The van der Waals surface area contributed by atoms with Crippen molar-refractivity contribution in [2.24, 2.45) is 0 Å². The monoisotopic (exact) mass is 552 g/mol. The number of ether oxygens (including phenoxy) is 2. The van der Waals surface area contributed by atoms with Crippen LogP contribution >= 0.6 is 11.6 Å². The lowest BCUT2D eigenvalue weighted by Crippen LogP contribution is -2.44. The van der Waals surface area contributed by atoms with Gasteiger partial charge in [0.1, 0.15) is 28.3 Å². The third kappa shape index (κ3) is 8.07. The van der Waals surface area contributed by atoms with Gasteiger partial charge in [0.05, 0.1) is 18.3 Å². The molecule has 1 saturated heterocycles. The second-order valence-corrected chi connectivity index (χ2v) is 11.0. The first-order valence-electron chi connectivity index (χ1n) is 13.0. The molecule has 0 saturated carbocycles. The normalized spacial score (nSPS) is 16.2. The Balaban J connectivity index is 1.28. The average Bonchev–Trinajstić information content (AvgIpc) is 2.90. The van der Waals surface area contributed by atoms with Crippen molar-refractivity contribution < 1.29 is 19.1 Å². The first kappa shape index (κ1) is 28.2. The zero-order valence-corrected chi connectivity index (χ0v) is 23.2. The van der Waals surface area contributed by atoms with Crippen LogP contribution in [0.25, 0.3) is 5.57 Å². The van der Waals surface area contributed by atoms with Gasteiger partial charge in [-0.1, -0.05) is 23.7 Å². The van der Waals surface area contributed by atoms with E-state index in [4.69, 9.17) is 26.3 Å². The Morgan fingerprint density at radius 3 is 2.56 bits per heavy atom. The molecule has 2 aromatic rings. The molecule has 0 radical (unpaired) electrons. The SMILES string of the molecule is CC(C)(C)OC(=O)N1CCC(Oc2cc(NC(=O)Cc3ccc(C4=CCN(C#N)CC4)nc3)ncc2Cl)CC1. The third-order valence-electron chi connectivity index (χ3n) is 6.34. The first-order valence-corrected chi connectivity index (χ1v) is 13.4. The summed E-state index contributed by atoms with van der Waals surface area (Å²) in [6.45, 7) is 7.84. The van der Waals surface area contributed by atoms with Crippen molar-refractivity contribution in [1.29, 1.82) is 5.26 Å². The number of halogens is 1. The van der Waals surface area contributed by atoms with Crippen molar-refractivity contribution in [2.75, 3.05) is 31.5 Å². The van der Waals surface area contributed by atoms with Crippen molar-refractivity contribution in [3.8, 4) is 11.9 Å². The maximum absolute atomic E-state index is 12.7. The molecule has 1 N–H and O–H groups in total. The number of hydrogen-bond donors (Lipinski definition) is 1. The number of nitrogens with zero attached hydrogens (tertiary/aromatic N) is 5. The van der Waals surface area contributed by atoms with Gasteiger partial charge in [0.25, 0.3) is 0 Å². The summed E-state index contributed by atoms with van der Waals surface area (Å²) in [6.07, 6.45) is 9.02. The molecule has 0 aliphatic carbocycles. The van der Waals surface area contributed by atoms with E-state index in [0.29, 0.717) is 55.6 Å². The van der Waals surface area contributed by atoms with Gasteiger partial charge in [-0.05, 0) is 44.4 Å². The number of anilines is 1. The molecular formula is C28H33ClN6O4. The van der Waals surface area contributed by atoms with Crippen LogP contribution in [-0.4, -0.2) is 69.7 Å². The van der Waals surface area contributed by atoms with Crippen molar-refractivity contribution in [3.05, 3.63) is 52.9 Å². The maximum atomic E-state index is 12.7. The van der Waals surface area contributed by atoms with Crippen LogP contribution in [0.1, 0.15) is 51.3 Å². The van der Waals surface area contributed by atoms with E-state index in [-0.39, 0.29) is 24.5 Å². The molecule has 2 aliphatic rings. The number of nitrogens with one attached hydrogen (secondary N) is 1. The Morgan fingerprint density at radius 2 is 1.95 bits per heavy atom. The molecule has 0 aromatic carbocycles. The minimum Gasteiger partial charge on any atom is -0.489 e. The fourth-order valence-corrected chi connectivity index (χ4v) is 4.47. The average molecular weight is 553 g/mol. The van der Waals surface area contributed by atoms with Crippen LogP contribution in [0.2, 0.25) is 5.02 Å². The zero-order valence-electron chi connectivity index (χ0n) is 22.4. The number of aromatic nitrogens is 2. The summed E-state index contributed by atoms with van der Waals surface area (Å²) in [6, 6.07) is 5.39. The predicted octanol–water partition coefficient (Wildman–Crippen LogP) is 4.66. The Labute approximate surface area is 233 Å². The van der Waals surface area contributed by atoms with Crippen LogP contribution in [0.3, 0.4) is 0 Å². The van der Waals surface area contributed by atoms with E-state index in [1.54, 1.807) is 22.1 Å². The van der Waals surface area contributed by atoms with Crippen LogP contribution in [0.4, 0.5) is 10.6 Å². The molecular weight excluding hydrogens is 520 g/mol. The molecule has 0 unspecified atom stereocenters. The van der Waals surface area contributed by atoms with Crippen molar-refractivity contribution in [1.82, 2.24) is 19.8 Å². The molecule has 2 aliphatic heterocycles. The minimum absolute atomic E-state index is 0.126. The summed E-state index contributed by atoms with van der Waals surface area (Å²) in [5.74, 6) is 0.529. The topological polar surface area (TPSA) is 121 Å². The fraction of sp³-hybridized carbons (Fsp3) is 0.464. The summed E-state index contributed by atoms with van der Waals surface area (Å²) in [4.78, 5) is 37.1. The maximum Gasteiger partial charge on any atom is 0.410 e. The van der Waals surface area contributed by atoms with E-state index < -0.39 is 5.60 Å². The van der Waals surface area contributed by atoms with Gasteiger partial charge in [0, 0.05) is 51.3 Å². The molecule has 0 atom stereocenters. The number of carbonyl (C=O) groups excluding carboxylic acids is 2. The molecule has 206 valence electrons. The van der Waals surface area contributed by atoms with E-state index in [1.165, 1.54) is 6.20 Å². The minimum atomic E-state index is -0.537. The Hall–Kier alpha value is -3.84. The number of pyridine rings is 2. The lowest BCUT2D eigenvalue weighted by Gasteiger charge is -2.33. The highest BCUT2D eigenvalue weighted by atomic mass is 35.5. The zero-order chi connectivity index (χ0) is 28.0. The standard InChI is InChI=1S/C28H33ClN6O4/c1-28(2,3)39-27(37)35-12-8-21(9-13-35)38-24-15-25(32-17-22(24)29)33-26(36)14-19-4-5-23(31-16-19)20-6-10-34(18-30)11-7-20/h4-6,15-17,21H,7-14H2,1-3H3,(H,32,33,36). The number of rotatable bonds is 6. The highest BCUT2D eigenvalue weighted by Gasteiger charge is 2.28. The number of nitriles is 1. The van der Waals surface area contributed by atoms with Gasteiger partial charge in [-0.2, -0.15) is 5.26 Å². The molecule has 10 nitrogen and oxygen atoms in total. The van der Waals surface area contributed by atoms with Crippen LogP contribution in [-0.2, 0) is 16.0 Å². The largest absolute Gasteiger partial charge is 0.489 e. The van der Waals surface area contributed by atoms with Gasteiger partial charge in [-0.25, -0.2) is 9.78 Å². The van der Waals surface area contributed by atoms with E-state index in [9.17, 15) is 9.59 Å². The molecule has 4 heterocycles. The number of hydrogen-bond acceptors (Lipinski definition) is 8. The molecule has 39 heavy (non-hydrogen) atoms. The van der Waals surface area contributed by atoms with Crippen LogP contribution in [0, 0.1) is 11.5 Å². The van der Waals surface area contributed by atoms with Gasteiger partial charge < -0.3 is 24.6 Å².